The van der Waals surface area contributed by atoms with Crippen LogP contribution >= 0.6 is 24.8 Å². The second kappa shape index (κ2) is 7.53. The molecule has 1 aliphatic heterocycles. The number of non-ortho nitro benzene ring substituents is 1. The maximum atomic E-state index is 10.5. The maximum Gasteiger partial charge on any atom is 0.269 e. The van der Waals surface area contributed by atoms with E-state index in [1.54, 1.807) is 12.1 Å². The third-order valence-electron chi connectivity index (χ3n) is 2.86. The van der Waals surface area contributed by atoms with Crippen LogP contribution in [0.15, 0.2) is 24.3 Å². The molecule has 1 fully saturated rings. The predicted octanol–water partition coefficient (Wildman–Crippen LogP) is 1.97. The standard InChI is InChI=1S/C11H15N3O2.2ClH/c12-10-5-6-13(8-10)7-9-1-3-11(4-2-9)14(15)16;;/h1-4,10H,5-8,12H2;2*1H. The molecule has 1 unspecified atom stereocenters. The van der Waals surface area contributed by atoms with Crippen LogP contribution in [0.2, 0.25) is 0 Å². The molecule has 0 amide bonds. The molecule has 102 valence electrons. The summed E-state index contributed by atoms with van der Waals surface area (Å²) in [7, 11) is 0. The molecular weight excluding hydrogens is 277 g/mol. The first kappa shape index (κ1) is 17.1. The van der Waals surface area contributed by atoms with Crippen molar-refractivity contribution in [1.29, 1.82) is 0 Å². The molecule has 1 aliphatic rings. The van der Waals surface area contributed by atoms with E-state index in [1.807, 2.05) is 12.1 Å². The molecule has 1 atom stereocenters. The van der Waals surface area contributed by atoms with Gasteiger partial charge < -0.3 is 5.73 Å². The zero-order valence-electron chi connectivity index (χ0n) is 9.82. The molecule has 0 spiro atoms. The van der Waals surface area contributed by atoms with Crippen LogP contribution in [0.4, 0.5) is 5.69 Å². The van der Waals surface area contributed by atoms with Gasteiger partial charge in [-0.1, -0.05) is 12.1 Å². The van der Waals surface area contributed by atoms with E-state index in [2.05, 4.69) is 4.90 Å². The van der Waals surface area contributed by atoms with E-state index >= 15 is 0 Å². The Kier molecular flexibility index (Phi) is 7.16. The SMILES string of the molecule is Cl.Cl.NC1CCN(Cc2ccc([N+](=O)[O-])cc2)C1. The van der Waals surface area contributed by atoms with Crippen LogP contribution in [0, 0.1) is 10.1 Å². The van der Waals surface area contributed by atoms with Gasteiger partial charge in [-0.3, -0.25) is 15.0 Å². The van der Waals surface area contributed by atoms with Gasteiger partial charge in [-0.25, -0.2) is 0 Å². The number of benzene rings is 1. The number of nitrogens with zero attached hydrogens (tertiary/aromatic N) is 2. The van der Waals surface area contributed by atoms with Crippen LogP contribution in [-0.4, -0.2) is 29.0 Å². The zero-order chi connectivity index (χ0) is 11.5. The zero-order valence-corrected chi connectivity index (χ0v) is 11.5. The number of nitro benzene ring substituents is 1. The van der Waals surface area contributed by atoms with E-state index in [0.717, 1.165) is 31.6 Å². The van der Waals surface area contributed by atoms with Crippen molar-refractivity contribution in [3.05, 3.63) is 39.9 Å². The first-order valence-electron chi connectivity index (χ1n) is 5.36. The Bertz CT molecular complexity index is 386. The summed E-state index contributed by atoms with van der Waals surface area (Å²) in [4.78, 5) is 12.4. The van der Waals surface area contributed by atoms with Gasteiger partial charge in [-0.05, 0) is 12.0 Å². The van der Waals surface area contributed by atoms with Crippen LogP contribution in [0.1, 0.15) is 12.0 Å². The minimum absolute atomic E-state index is 0. The quantitative estimate of drug-likeness (QED) is 0.683. The summed E-state index contributed by atoms with van der Waals surface area (Å²) in [6.45, 7) is 2.75. The molecule has 5 nitrogen and oxygen atoms in total. The molecular formula is C11H17Cl2N3O2. The second-order valence-corrected chi connectivity index (χ2v) is 4.21. The smallest absolute Gasteiger partial charge is 0.269 e. The monoisotopic (exact) mass is 293 g/mol. The third kappa shape index (κ3) is 4.42. The maximum absolute atomic E-state index is 10.5. The summed E-state index contributed by atoms with van der Waals surface area (Å²) < 4.78 is 0. The number of likely N-dealkylation sites (tertiary alicyclic amines) is 1. The summed E-state index contributed by atoms with van der Waals surface area (Å²) >= 11 is 0. The minimum Gasteiger partial charge on any atom is -0.326 e. The van der Waals surface area contributed by atoms with Crippen molar-refractivity contribution in [3.63, 3.8) is 0 Å². The van der Waals surface area contributed by atoms with Gasteiger partial charge >= 0.3 is 0 Å². The van der Waals surface area contributed by atoms with Crippen LogP contribution in [0.5, 0.6) is 0 Å². The van der Waals surface area contributed by atoms with Gasteiger partial charge in [0, 0.05) is 37.8 Å². The highest BCUT2D eigenvalue weighted by Crippen LogP contribution is 2.15. The molecule has 0 saturated carbocycles. The Morgan fingerprint density at radius 1 is 1.33 bits per heavy atom. The molecule has 0 bridgehead atoms. The van der Waals surface area contributed by atoms with Crippen molar-refractivity contribution in [2.24, 2.45) is 5.73 Å². The van der Waals surface area contributed by atoms with Gasteiger partial charge in [0.2, 0.25) is 0 Å². The molecule has 1 aromatic carbocycles. The van der Waals surface area contributed by atoms with E-state index < -0.39 is 0 Å². The number of hydrogen-bond donors (Lipinski definition) is 1. The van der Waals surface area contributed by atoms with Crippen LogP contribution in [0.25, 0.3) is 0 Å². The normalized spacial score (nSPS) is 18.8. The third-order valence-corrected chi connectivity index (χ3v) is 2.86. The lowest BCUT2D eigenvalue weighted by Gasteiger charge is -2.14. The molecule has 0 aromatic heterocycles. The van der Waals surface area contributed by atoms with Gasteiger partial charge in [0.05, 0.1) is 4.92 Å². The molecule has 1 saturated heterocycles. The number of nitro groups is 1. The predicted molar refractivity (Wildman–Crippen MR) is 75.5 cm³/mol. The van der Waals surface area contributed by atoms with Crippen molar-refractivity contribution in [2.45, 2.75) is 19.0 Å². The highest BCUT2D eigenvalue weighted by Gasteiger charge is 2.18. The Balaban J connectivity index is 0.00000144. The summed E-state index contributed by atoms with van der Waals surface area (Å²) in [5, 5.41) is 10.5. The van der Waals surface area contributed by atoms with E-state index in [-0.39, 0.29) is 41.5 Å². The van der Waals surface area contributed by atoms with Crippen LogP contribution < -0.4 is 5.73 Å². The Morgan fingerprint density at radius 3 is 2.39 bits per heavy atom. The molecule has 7 heteroatoms. The molecule has 1 heterocycles. The van der Waals surface area contributed by atoms with E-state index in [0.29, 0.717) is 0 Å². The Morgan fingerprint density at radius 2 is 1.94 bits per heavy atom. The highest BCUT2D eigenvalue weighted by atomic mass is 35.5. The van der Waals surface area contributed by atoms with Gasteiger partial charge in [-0.2, -0.15) is 0 Å². The van der Waals surface area contributed by atoms with Crippen molar-refractivity contribution in [3.8, 4) is 0 Å². The molecule has 2 rings (SSSR count). The van der Waals surface area contributed by atoms with Crippen LogP contribution in [-0.2, 0) is 6.54 Å². The molecule has 1 aromatic rings. The number of nitrogens with two attached hydrogens (primary N) is 1. The highest BCUT2D eigenvalue weighted by molar-refractivity contribution is 5.85. The van der Waals surface area contributed by atoms with Crippen LogP contribution in [0.3, 0.4) is 0 Å². The van der Waals surface area contributed by atoms with Gasteiger partial charge in [-0.15, -0.1) is 24.8 Å². The van der Waals surface area contributed by atoms with Gasteiger partial charge in [0.1, 0.15) is 0 Å². The lowest BCUT2D eigenvalue weighted by atomic mass is 10.2. The van der Waals surface area contributed by atoms with E-state index in [9.17, 15) is 10.1 Å². The van der Waals surface area contributed by atoms with Gasteiger partial charge in [0.25, 0.3) is 5.69 Å². The summed E-state index contributed by atoms with van der Waals surface area (Å²) in [6, 6.07) is 6.98. The topological polar surface area (TPSA) is 72.4 Å². The van der Waals surface area contributed by atoms with Crippen molar-refractivity contribution in [2.75, 3.05) is 13.1 Å². The molecule has 2 N–H and O–H groups in total. The number of hydrogen-bond acceptors (Lipinski definition) is 4. The van der Waals surface area contributed by atoms with Gasteiger partial charge in [0.15, 0.2) is 0 Å². The largest absolute Gasteiger partial charge is 0.326 e. The minimum atomic E-state index is -0.379. The molecule has 0 radical (unpaired) electrons. The van der Waals surface area contributed by atoms with Crippen molar-refractivity contribution < 1.29 is 4.92 Å². The fourth-order valence-corrected chi connectivity index (χ4v) is 1.99. The van der Waals surface area contributed by atoms with E-state index in [1.165, 1.54) is 0 Å². The lowest BCUT2D eigenvalue weighted by Crippen LogP contribution is -2.26. The first-order valence-corrected chi connectivity index (χ1v) is 5.36. The average molecular weight is 294 g/mol. The summed E-state index contributed by atoms with van der Waals surface area (Å²) in [5.41, 5.74) is 7.05. The fraction of sp³-hybridized carbons (Fsp3) is 0.455. The average Bonchev–Trinajstić information content (AvgIpc) is 2.65. The summed E-state index contributed by atoms with van der Waals surface area (Å²) in [5.74, 6) is 0. The summed E-state index contributed by atoms with van der Waals surface area (Å²) in [6.07, 6.45) is 1.03. The number of halogens is 2. The number of rotatable bonds is 3. The second-order valence-electron chi connectivity index (χ2n) is 4.21. The van der Waals surface area contributed by atoms with Crippen molar-refractivity contribution >= 4 is 30.5 Å². The first-order chi connectivity index (χ1) is 7.65. The van der Waals surface area contributed by atoms with Crippen molar-refractivity contribution in [1.82, 2.24) is 4.90 Å². The lowest BCUT2D eigenvalue weighted by molar-refractivity contribution is -0.384. The molecule has 0 aliphatic carbocycles. The Hall–Kier alpha value is -0.880. The fourth-order valence-electron chi connectivity index (χ4n) is 1.99. The van der Waals surface area contributed by atoms with E-state index in [4.69, 9.17) is 5.73 Å². The Labute approximate surface area is 118 Å². The molecule has 18 heavy (non-hydrogen) atoms.